The second-order valence-corrected chi connectivity index (χ2v) is 4.41. The number of likely N-dealkylation sites (N-methyl/N-ethyl adjacent to an activating group) is 1. The highest BCUT2D eigenvalue weighted by Crippen LogP contribution is 2.14. The third-order valence-corrected chi connectivity index (χ3v) is 3.08. The van der Waals surface area contributed by atoms with Crippen LogP contribution in [0.2, 0.25) is 0 Å². The first-order valence-electron chi connectivity index (χ1n) is 5.78. The van der Waals surface area contributed by atoms with Gasteiger partial charge in [-0.15, -0.1) is 0 Å². The van der Waals surface area contributed by atoms with Gasteiger partial charge in [0.05, 0.1) is 6.54 Å². The predicted octanol–water partition coefficient (Wildman–Crippen LogP) is 0.877. The number of carbonyl (C=O) groups is 1. The van der Waals surface area contributed by atoms with Crippen molar-refractivity contribution in [2.45, 2.75) is 32.2 Å². The van der Waals surface area contributed by atoms with E-state index in [1.165, 1.54) is 12.8 Å². The molecule has 0 saturated carbocycles. The van der Waals surface area contributed by atoms with Crippen molar-refractivity contribution in [3.63, 3.8) is 0 Å². The van der Waals surface area contributed by atoms with Crippen LogP contribution in [0.1, 0.15) is 26.2 Å². The van der Waals surface area contributed by atoms with Crippen LogP contribution in [0.3, 0.4) is 0 Å². The van der Waals surface area contributed by atoms with E-state index in [4.69, 9.17) is 5.11 Å². The first-order chi connectivity index (χ1) is 7.13. The topological polar surface area (TPSA) is 43.8 Å². The van der Waals surface area contributed by atoms with E-state index < -0.39 is 5.97 Å². The number of nitrogens with zero attached hydrogens (tertiary/aromatic N) is 2. The molecule has 1 saturated heterocycles. The highest BCUT2D eigenvalue weighted by atomic mass is 16.4. The van der Waals surface area contributed by atoms with Crippen molar-refractivity contribution in [3.05, 3.63) is 0 Å². The molecule has 1 unspecified atom stereocenters. The zero-order valence-electron chi connectivity index (χ0n) is 9.78. The summed E-state index contributed by atoms with van der Waals surface area (Å²) in [5, 5.41) is 8.70. The van der Waals surface area contributed by atoms with Crippen molar-refractivity contribution in [2.75, 3.05) is 33.2 Å². The quantitative estimate of drug-likeness (QED) is 0.713. The molecule has 15 heavy (non-hydrogen) atoms. The molecule has 1 fully saturated rings. The van der Waals surface area contributed by atoms with E-state index >= 15 is 0 Å². The summed E-state index contributed by atoms with van der Waals surface area (Å²) in [5.74, 6) is -0.732. The Labute approximate surface area is 91.9 Å². The average Bonchev–Trinajstić information content (AvgIpc) is 2.62. The number of hydrogen-bond donors (Lipinski definition) is 1. The molecule has 0 amide bonds. The fourth-order valence-electron chi connectivity index (χ4n) is 2.10. The van der Waals surface area contributed by atoms with E-state index in [1.807, 2.05) is 11.9 Å². The number of rotatable bonds is 6. The standard InChI is InChI=1S/C11H22N2O2/c1-3-4-6-13-7-5-10(8-13)12(2)9-11(14)15/h10H,3-9H2,1-2H3,(H,14,15). The molecule has 1 aliphatic rings. The lowest BCUT2D eigenvalue weighted by Gasteiger charge is -2.22. The summed E-state index contributed by atoms with van der Waals surface area (Å²) in [5.41, 5.74) is 0. The maximum atomic E-state index is 10.6. The summed E-state index contributed by atoms with van der Waals surface area (Å²) >= 11 is 0. The maximum absolute atomic E-state index is 10.6. The Balaban J connectivity index is 2.25. The van der Waals surface area contributed by atoms with E-state index in [0.29, 0.717) is 6.04 Å². The molecule has 0 aromatic carbocycles. The van der Waals surface area contributed by atoms with Gasteiger partial charge in [-0.25, -0.2) is 0 Å². The molecule has 0 bridgehead atoms. The Hall–Kier alpha value is -0.610. The molecule has 0 aromatic rings. The summed E-state index contributed by atoms with van der Waals surface area (Å²) in [4.78, 5) is 15.0. The van der Waals surface area contributed by atoms with Crippen molar-refractivity contribution in [1.82, 2.24) is 9.80 Å². The fourth-order valence-corrected chi connectivity index (χ4v) is 2.10. The smallest absolute Gasteiger partial charge is 0.317 e. The van der Waals surface area contributed by atoms with Gasteiger partial charge in [0.1, 0.15) is 0 Å². The van der Waals surface area contributed by atoms with Gasteiger partial charge in [0.2, 0.25) is 0 Å². The third kappa shape index (κ3) is 4.18. The number of carboxylic acids is 1. The fraction of sp³-hybridized carbons (Fsp3) is 0.909. The van der Waals surface area contributed by atoms with Crippen LogP contribution in [0.25, 0.3) is 0 Å². The number of likely N-dealkylation sites (tertiary alicyclic amines) is 1. The molecule has 1 heterocycles. The van der Waals surface area contributed by atoms with Crippen LogP contribution in [0.5, 0.6) is 0 Å². The normalized spacial score (nSPS) is 22.5. The van der Waals surface area contributed by atoms with Gasteiger partial charge in [-0.2, -0.15) is 0 Å². The van der Waals surface area contributed by atoms with Gasteiger partial charge in [-0.05, 0) is 33.0 Å². The van der Waals surface area contributed by atoms with Gasteiger partial charge in [0.15, 0.2) is 0 Å². The van der Waals surface area contributed by atoms with Crippen molar-refractivity contribution < 1.29 is 9.90 Å². The van der Waals surface area contributed by atoms with E-state index in [1.54, 1.807) is 0 Å². The maximum Gasteiger partial charge on any atom is 0.317 e. The van der Waals surface area contributed by atoms with Gasteiger partial charge >= 0.3 is 5.97 Å². The predicted molar refractivity (Wildman–Crippen MR) is 60.0 cm³/mol. The van der Waals surface area contributed by atoms with Crippen LogP contribution in [0.4, 0.5) is 0 Å². The first-order valence-corrected chi connectivity index (χ1v) is 5.78. The summed E-state index contributed by atoms with van der Waals surface area (Å²) in [6, 6.07) is 0.429. The summed E-state index contributed by atoms with van der Waals surface area (Å²) in [6.45, 7) is 5.67. The van der Waals surface area contributed by atoms with E-state index in [9.17, 15) is 4.79 Å². The molecule has 88 valence electrons. The Morgan fingerprint density at radius 1 is 1.60 bits per heavy atom. The Bertz CT molecular complexity index is 209. The van der Waals surface area contributed by atoms with Crippen molar-refractivity contribution in [3.8, 4) is 0 Å². The Morgan fingerprint density at radius 3 is 2.93 bits per heavy atom. The molecule has 0 spiro atoms. The van der Waals surface area contributed by atoms with Crippen LogP contribution in [0.15, 0.2) is 0 Å². The molecule has 1 N–H and O–H groups in total. The Kier molecular flexibility index (Phi) is 5.05. The minimum Gasteiger partial charge on any atom is -0.480 e. The van der Waals surface area contributed by atoms with Crippen LogP contribution < -0.4 is 0 Å². The molecule has 0 aliphatic carbocycles. The first kappa shape index (κ1) is 12.5. The second-order valence-electron chi connectivity index (χ2n) is 4.41. The van der Waals surface area contributed by atoms with Crippen molar-refractivity contribution in [2.24, 2.45) is 0 Å². The molecule has 4 nitrogen and oxygen atoms in total. The lowest BCUT2D eigenvalue weighted by molar-refractivity contribution is -0.138. The van der Waals surface area contributed by atoms with Crippen molar-refractivity contribution >= 4 is 5.97 Å². The number of aliphatic carboxylic acids is 1. The summed E-state index contributed by atoms with van der Waals surface area (Å²) < 4.78 is 0. The van der Waals surface area contributed by atoms with E-state index in [-0.39, 0.29) is 6.54 Å². The van der Waals surface area contributed by atoms with Crippen LogP contribution in [-0.2, 0) is 4.79 Å². The molecular formula is C11H22N2O2. The molecule has 1 atom stereocenters. The third-order valence-electron chi connectivity index (χ3n) is 3.08. The molecule has 0 radical (unpaired) electrons. The molecule has 1 aliphatic heterocycles. The number of hydrogen-bond acceptors (Lipinski definition) is 3. The van der Waals surface area contributed by atoms with E-state index in [0.717, 1.165) is 26.1 Å². The zero-order valence-corrected chi connectivity index (χ0v) is 9.78. The molecule has 1 rings (SSSR count). The van der Waals surface area contributed by atoms with Gasteiger partial charge in [-0.3, -0.25) is 9.69 Å². The number of unbranched alkanes of at least 4 members (excludes halogenated alkanes) is 1. The number of carboxylic acid groups (broad SMARTS) is 1. The van der Waals surface area contributed by atoms with Gasteiger partial charge in [0.25, 0.3) is 0 Å². The lowest BCUT2D eigenvalue weighted by Crippen LogP contribution is -2.38. The van der Waals surface area contributed by atoms with Gasteiger partial charge in [0, 0.05) is 12.6 Å². The van der Waals surface area contributed by atoms with Crippen LogP contribution >= 0.6 is 0 Å². The van der Waals surface area contributed by atoms with Crippen LogP contribution in [-0.4, -0.2) is 60.1 Å². The zero-order chi connectivity index (χ0) is 11.3. The molecular weight excluding hydrogens is 192 g/mol. The van der Waals surface area contributed by atoms with E-state index in [2.05, 4.69) is 11.8 Å². The SMILES string of the molecule is CCCCN1CCC(N(C)CC(=O)O)C1. The highest BCUT2D eigenvalue weighted by Gasteiger charge is 2.25. The summed E-state index contributed by atoms with van der Waals surface area (Å²) in [7, 11) is 1.90. The lowest BCUT2D eigenvalue weighted by atomic mass is 10.2. The molecule has 0 aromatic heterocycles. The average molecular weight is 214 g/mol. The second kappa shape index (κ2) is 6.08. The monoisotopic (exact) mass is 214 g/mol. The largest absolute Gasteiger partial charge is 0.480 e. The Morgan fingerprint density at radius 2 is 2.33 bits per heavy atom. The van der Waals surface area contributed by atoms with Gasteiger partial charge < -0.3 is 10.0 Å². The highest BCUT2D eigenvalue weighted by molar-refractivity contribution is 5.69. The van der Waals surface area contributed by atoms with Gasteiger partial charge in [-0.1, -0.05) is 13.3 Å². The van der Waals surface area contributed by atoms with Crippen molar-refractivity contribution in [1.29, 1.82) is 0 Å². The minimum absolute atomic E-state index is 0.159. The molecule has 4 heteroatoms. The van der Waals surface area contributed by atoms with Crippen LogP contribution in [0, 0.1) is 0 Å². The summed E-state index contributed by atoms with van der Waals surface area (Å²) in [6.07, 6.45) is 3.58. The minimum atomic E-state index is -0.732.